The van der Waals surface area contributed by atoms with E-state index in [9.17, 15) is 8.42 Å². The molecule has 0 radical (unpaired) electrons. The summed E-state index contributed by atoms with van der Waals surface area (Å²) in [5.74, 6) is 0. The molecule has 0 atom stereocenters. The molecule has 0 amide bonds. The van der Waals surface area contributed by atoms with Crippen molar-refractivity contribution in [3.63, 3.8) is 0 Å². The molecule has 0 aliphatic rings. The standard InChI is InChI=1S/H2O5S2.2H2O3S/c1-6(2)5-7(3)4;2*1-4(2)3/h(H,1,2)(H,3,4);2*(H2,1,2,3). The summed E-state index contributed by atoms with van der Waals surface area (Å²) < 4.78 is 82.9. The van der Waals surface area contributed by atoms with Gasteiger partial charge in [0.1, 0.15) is 0 Å². The quantitative estimate of drug-likeness (QED) is 0.329. The molecule has 6 N–H and O–H groups in total. The molecular formula is H6O11S4. The molecule has 0 spiro atoms. The lowest BCUT2D eigenvalue weighted by Crippen LogP contribution is -1.96. The molecule has 0 aliphatic heterocycles. The molecule has 0 fully saturated rings. The number of hydrogen-bond donors (Lipinski definition) is 6. The van der Waals surface area contributed by atoms with Gasteiger partial charge in [0.25, 0.3) is 22.7 Å². The molecule has 0 aromatic carbocycles. The Bertz CT molecular complexity index is 197. The van der Waals surface area contributed by atoms with E-state index in [1.165, 1.54) is 0 Å². The third-order valence-electron chi connectivity index (χ3n) is 0.116. The van der Waals surface area contributed by atoms with Gasteiger partial charge in [-0.2, -0.15) is 16.8 Å². The molecule has 0 heterocycles. The van der Waals surface area contributed by atoms with Crippen molar-refractivity contribution in [2.24, 2.45) is 0 Å². The van der Waals surface area contributed by atoms with Crippen LogP contribution in [0.25, 0.3) is 0 Å². The molecule has 0 aliphatic carbocycles. The van der Waals surface area contributed by atoms with E-state index in [1.807, 2.05) is 0 Å². The molecular weight excluding hydrogens is 304 g/mol. The van der Waals surface area contributed by atoms with Crippen LogP contribution in [0.5, 0.6) is 0 Å². The van der Waals surface area contributed by atoms with Crippen LogP contribution in [0.2, 0.25) is 0 Å². The normalized spacial score (nSPS) is 13.3. The Balaban J connectivity index is -0.000000155. The summed E-state index contributed by atoms with van der Waals surface area (Å²) in [6, 6.07) is 0. The van der Waals surface area contributed by atoms with E-state index < -0.39 is 45.4 Å². The highest BCUT2D eigenvalue weighted by Gasteiger charge is 1.95. The minimum Gasteiger partial charge on any atom is -0.284 e. The van der Waals surface area contributed by atoms with E-state index in [0.717, 1.165) is 0 Å². The zero-order valence-electron chi connectivity index (χ0n) is 6.36. The summed E-state index contributed by atoms with van der Waals surface area (Å²) in [7, 11) is 0. The molecule has 0 aromatic rings. The van der Waals surface area contributed by atoms with Crippen LogP contribution >= 0.6 is 0 Å². The molecule has 96 valence electrons. The van der Waals surface area contributed by atoms with Crippen molar-refractivity contribution in [2.45, 2.75) is 0 Å². The Morgan fingerprint density at radius 3 is 0.733 bits per heavy atom. The highest BCUT2D eigenvalue weighted by Crippen LogP contribution is 1.79. The maximum atomic E-state index is 9.35. The van der Waals surface area contributed by atoms with Gasteiger partial charge in [0.15, 0.2) is 0 Å². The Morgan fingerprint density at radius 1 is 0.600 bits per heavy atom. The van der Waals surface area contributed by atoms with Gasteiger partial charge in [-0.05, 0) is 0 Å². The molecule has 15 heteroatoms. The third kappa shape index (κ3) is 116. The van der Waals surface area contributed by atoms with E-state index in [0.29, 0.717) is 0 Å². The molecule has 0 bridgehead atoms. The molecule has 11 nitrogen and oxygen atoms in total. The van der Waals surface area contributed by atoms with Crippen molar-refractivity contribution in [3.8, 4) is 0 Å². The summed E-state index contributed by atoms with van der Waals surface area (Å²) in [6.07, 6.45) is 0. The predicted octanol–water partition coefficient (Wildman–Crippen LogP) is -1.36. The summed E-state index contributed by atoms with van der Waals surface area (Å²) in [4.78, 5) is 0. The summed E-state index contributed by atoms with van der Waals surface area (Å²) in [5, 5.41) is 0. The average Bonchev–Trinajstić information content (AvgIpc) is 1.78. The van der Waals surface area contributed by atoms with Crippen molar-refractivity contribution in [2.75, 3.05) is 0 Å². The fraction of sp³-hybridized carbons (Fsp3) is 0. The first-order valence-electron chi connectivity index (χ1n) is 2.10. The van der Waals surface area contributed by atoms with Gasteiger partial charge in [-0.1, -0.05) is 0 Å². The van der Waals surface area contributed by atoms with Crippen LogP contribution in [-0.4, -0.2) is 44.2 Å². The molecule has 0 saturated heterocycles. The van der Waals surface area contributed by atoms with Crippen LogP contribution in [0.3, 0.4) is 0 Å². The van der Waals surface area contributed by atoms with Gasteiger partial charge < -0.3 is 0 Å². The van der Waals surface area contributed by atoms with Crippen molar-refractivity contribution < 1.29 is 47.8 Å². The lowest BCUT2D eigenvalue weighted by atomic mass is 15.8. The second-order valence-corrected chi connectivity index (χ2v) is 3.30. The smallest absolute Gasteiger partial charge is 0.284 e. The van der Waals surface area contributed by atoms with Gasteiger partial charge in [-0.3, -0.25) is 27.3 Å². The van der Waals surface area contributed by atoms with Crippen LogP contribution in [0.4, 0.5) is 0 Å². The fourth-order valence-corrected chi connectivity index (χ4v) is 0.448. The van der Waals surface area contributed by atoms with Gasteiger partial charge in [0, 0.05) is 0 Å². The van der Waals surface area contributed by atoms with Gasteiger partial charge in [0.05, 0.1) is 0 Å². The first kappa shape index (κ1) is 20.7. The van der Waals surface area contributed by atoms with Gasteiger partial charge in [0.2, 0.25) is 0 Å². The molecule has 15 heavy (non-hydrogen) atoms. The maximum absolute atomic E-state index is 9.35. The molecule has 0 unspecified atom stereocenters. The van der Waals surface area contributed by atoms with E-state index in [4.69, 9.17) is 35.7 Å². The predicted molar refractivity (Wildman–Crippen MR) is 49.4 cm³/mol. The fourth-order valence-electron chi connectivity index (χ4n) is 0.0498. The second-order valence-electron chi connectivity index (χ2n) is 0.964. The van der Waals surface area contributed by atoms with Crippen LogP contribution in [0, 0.1) is 0 Å². The van der Waals surface area contributed by atoms with E-state index in [2.05, 4.69) is 3.63 Å². The van der Waals surface area contributed by atoms with Crippen LogP contribution in [0.15, 0.2) is 0 Å². The molecule has 0 aromatic heterocycles. The SMILES string of the molecule is O=S(O)O.O=S(O)O.O=S(O)OS(=O)O. The highest BCUT2D eigenvalue weighted by molar-refractivity contribution is 7.87. The zero-order chi connectivity index (χ0) is 13.0. The third-order valence-corrected chi connectivity index (χ3v) is 1.05. The average molecular weight is 310 g/mol. The monoisotopic (exact) mass is 310 g/mol. The van der Waals surface area contributed by atoms with E-state index >= 15 is 0 Å². The Kier molecular flexibility index (Phi) is 19.8. The van der Waals surface area contributed by atoms with Crippen molar-refractivity contribution in [1.29, 1.82) is 0 Å². The van der Waals surface area contributed by atoms with Crippen LogP contribution < -0.4 is 0 Å². The van der Waals surface area contributed by atoms with E-state index in [1.54, 1.807) is 0 Å². The second kappa shape index (κ2) is 14.3. The zero-order valence-corrected chi connectivity index (χ0v) is 9.62. The van der Waals surface area contributed by atoms with Crippen LogP contribution in [-0.2, 0) is 49.1 Å². The first-order chi connectivity index (χ1) is 6.59. The van der Waals surface area contributed by atoms with Gasteiger partial charge >= 0.3 is 22.7 Å². The minimum absolute atomic E-state index is 2.61. The maximum Gasteiger partial charge on any atom is 0.317 e. The Hall–Kier alpha value is 0.320. The highest BCUT2D eigenvalue weighted by atomic mass is 32.3. The largest absolute Gasteiger partial charge is 0.317 e. The summed E-state index contributed by atoms with van der Waals surface area (Å²) in [6.45, 7) is 0. The molecule has 0 saturated carbocycles. The van der Waals surface area contributed by atoms with E-state index in [-0.39, 0.29) is 0 Å². The Morgan fingerprint density at radius 2 is 0.733 bits per heavy atom. The van der Waals surface area contributed by atoms with Crippen LogP contribution in [0.1, 0.15) is 0 Å². The summed E-state index contributed by atoms with van der Waals surface area (Å²) >= 11 is -10.5. The van der Waals surface area contributed by atoms with Crippen molar-refractivity contribution in [3.05, 3.63) is 0 Å². The lowest BCUT2D eigenvalue weighted by molar-refractivity contribution is 0.427. The topological polar surface area (TPSA) is 199 Å². The lowest BCUT2D eigenvalue weighted by Gasteiger charge is -1.82. The number of hydrogen-bond acceptors (Lipinski definition) is 5. The van der Waals surface area contributed by atoms with Crippen molar-refractivity contribution in [1.82, 2.24) is 0 Å². The number of rotatable bonds is 2. The Labute approximate surface area is 93.4 Å². The summed E-state index contributed by atoms with van der Waals surface area (Å²) in [5.41, 5.74) is 0. The first-order valence-corrected chi connectivity index (χ1v) is 6.29. The van der Waals surface area contributed by atoms with Gasteiger partial charge in [-0.15, -0.1) is 3.63 Å². The molecule has 0 rings (SSSR count). The minimum atomic E-state index is -2.65. The van der Waals surface area contributed by atoms with Crippen molar-refractivity contribution >= 4 is 45.4 Å². The van der Waals surface area contributed by atoms with Gasteiger partial charge in [-0.25, -0.2) is 0 Å².